The van der Waals surface area contributed by atoms with Crippen molar-refractivity contribution in [2.45, 2.75) is 32.7 Å². The summed E-state index contributed by atoms with van der Waals surface area (Å²) in [5, 5.41) is 4.33. The van der Waals surface area contributed by atoms with Crippen LogP contribution in [0.1, 0.15) is 37.1 Å². The molecule has 0 saturated carbocycles. The standard InChI is InChI=1S/C13H24N4/c1-10-4-6-17(7-5-10)13(8-14)12-9-15-16(3)11(12)2/h9-10,13H,4-8,14H2,1-3H3. The molecule has 96 valence electrons. The Balaban J connectivity index is 2.13. The summed E-state index contributed by atoms with van der Waals surface area (Å²) in [6, 6.07) is 0.344. The Bertz CT molecular complexity index is 363. The van der Waals surface area contributed by atoms with Crippen LogP contribution in [0.25, 0.3) is 0 Å². The van der Waals surface area contributed by atoms with Crippen molar-refractivity contribution in [3.8, 4) is 0 Å². The van der Waals surface area contributed by atoms with Gasteiger partial charge in [-0.05, 0) is 38.8 Å². The van der Waals surface area contributed by atoms with Crippen molar-refractivity contribution in [2.75, 3.05) is 19.6 Å². The van der Waals surface area contributed by atoms with Gasteiger partial charge in [0.05, 0.1) is 12.2 Å². The molecule has 1 aromatic rings. The summed E-state index contributed by atoms with van der Waals surface area (Å²) < 4.78 is 1.94. The SMILES string of the molecule is Cc1c(C(CN)N2CCC(C)CC2)cnn1C. The molecule has 1 atom stereocenters. The van der Waals surface area contributed by atoms with Gasteiger partial charge in [0.25, 0.3) is 0 Å². The molecule has 0 spiro atoms. The first-order valence-corrected chi connectivity index (χ1v) is 6.56. The van der Waals surface area contributed by atoms with Gasteiger partial charge in [0.2, 0.25) is 0 Å². The molecule has 0 aliphatic carbocycles. The lowest BCUT2D eigenvalue weighted by Crippen LogP contribution is -2.39. The minimum absolute atomic E-state index is 0.344. The quantitative estimate of drug-likeness (QED) is 0.864. The van der Waals surface area contributed by atoms with Crippen molar-refractivity contribution in [2.24, 2.45) is 18.7 Å². The summed E-state index contributed by atoms with van der Waals surface area (Å²) in [7, 11) is 1.99. The number of likely N-dealkylation sites (tertiary alicyclic amines) is 1. The van der Waals surface area contributed by atoms with Gasteiger partial charge in [0, 0.05) is 24.8 Å². The van der Waals surface area contributed by atoms with Gasteiger partial charge in [-0.25, -0.2) is 0 Å². The van der Waals surface area contributed by atoms with Gasteiger partial charge in [-0.3, -0.25) is 9.58 Å². The van der Waals surface area contributed by atoms with Gasteiger partial charge in [-0.15, -0.1) is 0 Å². The third-order valence-electron chi connectivity index (χ3n) is 4.11. The molecular weight excluding hydrogens is 212 g/mol. The Hall–Kier alpha value is -0.870. The largest absolute Gasteiger partial charge is 0.329 e. The fraction of sp³-hybridized carbons (Fsp3) is 0.769. The number of rotatable bonds is 3. The summed E-state index contributed by atoms with van der Waals surface area (Å²) >= 11 is 0. The van der Waals surface area contributed by atoms with Crippen LogP contribution in [0.4, 0.5) is 0 Å². The van der Waals surface area contributed by atoms with E-state index in [2.05, 4.69) is 23.8 Å². The van der Waals surface area contributed by atoms with E-state index in [1.807, 2.05) is 17.9 Å². The van der Waals surface area contributed by atoms with Crippen molar-refractivity contribution in [1.82, 2.24) is 14.7 Å². The van der Waals surface area contributed by atoms with Crippen LogP contribution in [0.3, 0.4) is 0 Å². The van der Waals surface area contributed by atoms with Gasteiger partial charge >= 0.3 is 0 Å². The van der Waals surface area contributed by atoms with Crippen molar-refractivity contribution < 1.29 is 0 Å². The fourth-order valence-electron chi connectivity index (χ4n) is 2.66. The van der Waals surface area contributed by atoms with Crippen molar-refractivity contribution in [3.05, 3.63) is 17.5 Å². The van der Waals surface area contributed by atoms with E-state index in [9.17, 15) is 0 Å². The third-order valence-corrected chi connectivity index (χ3v) is 4.11. The van der Waals surface area contributed by atoms with E-state index in [4.69, 9.17) is 5.73 Å². The van der Waals surface area contributed by atoms with E-state index in [0.717, 1.165) is 19.0 Å². The summed E-state index contributed by atoms with van der Waals surface area (Å²) in [6.45, 7) is 7.47. The summed E-state index contributed by atoms with van der Waals surface area (Å²) in [5.41, 5.74) is 8.50. The topological polar surface area (TPSA) is 47.1 Å². The second kappa shape index (κ2) is 5.19. The third kappa shape index (κ3) is 2.53. The zero-order valence-electron chi connectivity index (χ0n) is 11.2. The first-order valence-electron chi connectivity index (χ1n) is 6.56. The molecule has 2 heterocycles. The average molecular weight is 236 g/mol. The van der Waals surface area contributed by atoms with Gasteiger partial charge < -0.3 is 5.73 Å². The van der Waals surface area contributed by atoms with E-state index in [1.54, 1.807) is 0 Å². The highest BCUT2D eigenvalue weighted by atomic mass is 15.3. The normalized spacial score (nSPS) is 20.7. The Morgan fingerprint density at radius 1 is 1.47 bits per heavy atom. The summed E-state index contributed by atoms with van der Waals surface area (Å²) in [5.74, 6) is 0.861. The highest BCUT2D eigenvalue weighted by Crippen LogP contribution is 2.27. The molecule has 0 amide bonds. The molecule has 4 nitrogen and oxygen atoms in total. The van der Waals surface area contributed by atoms with Crippen LogP contribution in [0, 0.1) is 12.8 Å². The molecule has 1 aliphatic heterocycles. The fourth-order valence-corrected chi connectivity index (χ4v) is 2.66. The van der Waals surface area contributed by atoms with E-state index < -0.39 is 0 Å². The lowest BCUT2D eigenvalue weighted by molar-refractivity contribution is 0.141. The second-order valence-corrected chi connectivity index (χ2v) is 5.28. The average Bonchev–Trinajstić information content (AvgIpc) is 2.65. The smallest absolute Gasteiger partial charge is 0.0540 e. The van der Waals surface area contributed by atoms with Gasteiger partial charge in [0.15, 0.2) is 0 Å². The van der Waals surface area contributed by atoms with E-state index in [-0.39, 0.29) is 0 Å². The number of nitrogens with two attached hydrogens (primary N) is 1. The molecule has 1 aromatic heterocycles. The zero-order chi connectivity index (χ0) is 12.4. The number of aromatic nitrogens is 2. The van der Waals surface area contributed by atoms with Crippen molar-refractivity contribution in [1.29, 1.82) is 0 Å². The molecule has 2 rings (SSSR count). The van der Waals surface area contributed by atoms with Crippen LogP contribution in [0.5, 0.6) is 0 Å². The molecule has 4 heteroatoms. The van der Waals surface area contributed by atoms with Gasteiger partial charge in [-0.1, -0.05) is 6.92 Å². The molecule has 0 aromatic carbocycles. The van der Waals surface area contributed by atoms with E-state index in [0.29, 0.717) is 12.6 Å². The predicted molar refractivity (Wildman–Crippen MR) is 69.7 cm³/mol. The molecule has 1 unspecified atom stereocenters. The highest BCUT2D eigenvalue weighted by molar-refractivity contribution is 5.21. The first-order chi connectivity index (χ1) is 8.13. The monoisotopic (exact) mass is 236 g/mol. The Kier molecular flexibility index (Phi) is 3.84. The molecule has 0 bridgehead atoms. The minimum atomic E-state index is 0.344. The molecule has 0 radical (unpaired) electrons. The Morgan fingerprint density at radius 2 is 2.12 bits per heavy atom. The summed E-state index contributed by atoms with van der Waals surface area (Å²) in [4.78, 5) is 2.52. The van der Waals surface area contributed by atoms with Crippen LogP contribution in [0.15, 0.2) is 6.20 Å². The lowest BCUT2D eigenvalue weighted by atomic mass is 9.96. The van der Waals surface area contributed by atoms with E-state index in [1.165, 1.54) is 24.1 Å². The minimum Gasteiger partial charge on any atom is -0.329 e. The second-order valence-electron chi connectivity index (χ2n) is 5.28. The van der Waals surface area contributed by atoms with Crippen LogP contribution in [0.2, 0.25) is 0 Å². The van der Waals surface area contributed by atoms with Crippen LogP contribution in [-0.2, 0) is 7.05 Å². The molecule has 1 fully saturated rings. The Morgan fingerprint density at radius 3 is 2.59 bits per heavy atom. The maximum Gasteiger partial charge on any atom is 0.0540 e. The maximum absolute atomic E-state index is 5.97. The number of aryl methyl sites for hydroxylation is 1. The van der Waals surface area contributed by atoms with Crippen LogP contribution < -0.4 is 5.73 Å². The molecule has 2 N–H and O–H groups in total. The highest BCUT2D eigenvalue weighted by Gasteiger charge is 2.25. The molecule has 1 aliphatic rings. The number of hydrogen-bond acceptors (Lipinski definition) is 3. The van der Waals surface area contributed by atoms with Gasteiger partial charge in [0.1, 0.15) is 0 Å². The Labute approximate surface area is 104 Å². The van der Waals surface area contributed by atoms with Crippen molar-refractivity contribution >= 4 is 0 Å². The number of nitrogens with zero attached hydrogens (tertiary/aromatic N) is 3. The summed E-state index contributed by atoms with van der Waals surface area (Å²) in [6.07, 6.45) is 4.55. The van der Waals surface area contributed by atoms with E-state index >= 15 is 0 Å². The maximum atomic E-state index is 5.97. The first kappa shape index (κ1) is 12.6. The molecule has 17 heavy (non-hydrogen) atoms. The van der Waals surface area contributed by atoms with Gasteiger partial charge in [-0.2, -0.15) is 5.10 Å². The lowest BCUT2D eigenvalue weighted by Gasteiger charge is -2.36. The predicted octanol–water partition coefficient (Wildman–Crippen LogP) is 1.46. The zero-order valence-corrected chi connectivity index (χ0v) is 11.2. The van der Waals surface area contributed by atoms with Crippen molar-refractivity contribution in [3.63, 3.8) is 0 Å². The van der Waals surface area contributed by atoms with Crippen LogP contribution >= 0.6 is 0 Å². The molecule has 1 saturated heterocycles. The number of piperidine rings is 1. The number of hydrogen-bond donors (Lipinski definition) is 1. The molecular formula is C13H24N4. The van der Waals surface area contributed by atoms with Crippen LogP contribution in [-0.4, -0.2) is 34.3 Å².